The molecule has 2 aromatic heterocycles. The fraction of sp³-hybridized carbons (Fsp3) is 0.714. The van der Waals surface area contributed by atoms with E-state index < -0.39 is 0 Å². The molecule has 2 rings (SSSR count). The minimum Gasteiger partial charge on any atom is -0.309 e. The topological polar surface area (TPSA) is 38.9 Å². The van der Waals surface area contributed by atoms with Gasteiger partial charge < -0.3 is 9.47 Å². The molecule has 1 atom stereocenters. The van der Waals surface area contributed by atoms with Crippen LogP contribution < -0.4 is 0 Å². The summed E-state index contributed by atoms with van der Waals surface area (Å²) >= 11 is 5.94. The molecule has 0 aliphatic carbocycles. The van der Waals surface area contributed by atoms with Crippen LogP contribution in [0.2, 0.25) is 0 Å². The molecule has 0 amide bonds. The van der Waals surface area contributed by atoms with E-state index in [1.807, 2.05) is 11.6 Å². The van der Waals surface area contributed by atoms with Crippen LogP contribution in [0.25, 0.3) is 11.2 Å². The summed E-state index contributed by atoms with van der Waals surface area (Å²) in [6, 6.07) is 0.342. The molecule has 0 fully saturated rings. The van der Waals surface area contributed by atoms with Gasteiger partial charge in [0.1, 0.15) is 11.3 Å². The van der Waals surface area contributed by atoms with Gasteiger partial charge in [-0.3, -0.25) is 0 Å². The predicted octanol–water partition coefficient (Wildman–Crippen LogP) is 2.47. The third-order valence-electron chi connectivity index (χ3n) is 3.50. The van der Waals surface area contributed by atoms with Gasteiger partial charge in [0.15, 0.2) is 5.65 Å². The summed E-state index contributed by atoms with van der Waals surface area (Å²) in [5.74, 6) is 1.65. The number of rotatable bonds is 6. The second-order valence-electron chi connectivity index (χ2n) is 5.52. The van der Waals surface area contributed by atoms with Gasteiger partial charge in [-0.15, -0.1) is 11.6 Å². The number of hydrogen-bond donors (Lipinski definition) is 0. The number of fused-ring (bicyclic) bond motifs is 1. The van der Waals surface area contributed by atoms with Crippen molar-refractivity contribution < 1.29 is 0 Å². The number of alkyl halides is 1. The van der Waals surface area contributed by atoms with E-state index >= 15 is 0 Å². The monoisotopic (exact) mass is 297 g/mol. The molecule has 6 heteroatoms. The van der Waals surface area contributed by atoms with Crippen molar-refractivity contribution in [3.63, 3.8) is 0 Å². The van der Waals surface area contributed by atoms with Crippen molar-refractivity contribution in [2.24, 2.45) is 0 Å². The van der Waals surface area contributed by atoms with E-state index in [1.165, 1.54) is 0 Å². The van der Waals surface area contributed by atoms with Gasteiger partial charge in [-0.2, -0.15) is 5.10 Å². The lowest BCUT2D eigenvalue weighted by Crippen LogP contribution is -2.24. The number of aryl methyl sites for hydroxylation is 3. The van der Waals surface area contributed by atoms with Crippen molar-refractivity contribution in [3.8, 4) is 0 Å². The molecule has 0 aromatic carbocycles. The zero-order valence-corrected chi connectivity index (χ0v) is 13.8. The standard InChI is InChI=1S/C14H24ClN5/c1-6-19-14-13(11(3)17-19)16-12(7-8-15)20(14)10(2)9-18(4)5/h10H,6-9H2,1-5H3. The molecule has 0 saturated carbocycles. The highest BCUT2D eigenvalue weighted by atomic mass is 35.5. The van der Waals surface area contributed by atoms with E-state index in [1.54, 1.807) is 0 Å². The minimum absolute atomic E-state index is 0.342. The first-order valence-electron chi connectivity index (χ1n) is 7.14. The molecule has 2 heterocycles. The fourth-order valence-electron chi connectivity index (χ4n) is 2.79. The van der Waals surface area contributed by atoms with Gasteiger partial charge in [-0.25, -0.2) is 9.67 Å². The third kappa shape index (κ3) is 2.69. The molecule has 0 spiro atoms. The molecule has 0 bridgehead atoms. The van der Waals surface area contributed by atoms with Crippen molar-refractivity contribution in [1.29, 1.82) is 0 Å². The molecule has 112 valence electrons. The van der Waals surface area contributed by atoms with Crippen LogP contribution in [0.5, 0.6) is 0 Å². The first-order valence-corrected chi connectivity index (χ1v) is 7.67. The number of nitrogens with zero attached hydrogens (tertiary/aromatic N) is 5. The van der Waals surface area contributed by atoms with E-state index in [-0.39, 0.29) is 0 Å². The normalized spacial score (nSPS) is 13.6. The van der Waals surface area contributed by atoms with Crippen LogP contribution in [0, 0.1) is 6.92 Å². The highest BCUT2D eigenvalue weighted by molar-refractivity contribution is 6.17. The van der Waals surface area contributed by atoms with Crippen molar-refractivity contribution in [3.05, 3.63) is 11.5 Å². The number of likely N-dealkylation sites (N-methyl/N-ethyl adjacent to an activating group) is 1. The van der Waals surface area contributed by atoms with Crippen LogP contribution in [0.15, 0.2) is 0 Å². The van der Waals surface area contributed by atoms with Crippen molar-refractivity contribution in [1.82, 2.24) is 24.2 Å². The number of hydrogen-bond acceptors (Lipinski definition) is 3. The summed E-state index contributed by atoms with van der Waals surface area (Å²) in [7, 11) is 4.18. The van der Waals surface area contributed by atoms with Gasteiger partial charge in [-0.1, -0.05) is 0 Å². The summed E-state index contributed by atoms with van der Waals surface area (Å²) in [5, 5.41) is 4.58. The second-order valence-corrected chi connectivity index (χ2v) is 5.90. The van der Waals surface area contributed by atoms with Crippen LogP contribution in [0.1, 0.15) is 31.4 Å². The average Bonchev–Trinajstić information content (AvgIpc) is 2.87. The van der Waals surface area contributed by atoms with Gasteiger partial charge in [0.2, 0.25) is 0 Å². The van der Waals surface area contributed by atoms with Gasteiger partial charge in [-0.05, 0) is 34.9 Å². The summed E-state index contributed by atoms with van der Waals surface area (Å²) in [6.07, 6.45) is 0.789. The first kappa shape index (κ1) is 15.3. The smallest absolute Gasteiger partial charge is 0.159 e. The maximum Gasteiger partial charge on any atom is 0.159 e. The van der Waals surface area contributed by atoms with Crippen molar-refractivity contribution in [2.75, 3.05) is 26.5 Å². The maximum atomic E-state index is 5.94. The van der Waals surface area contributed by atoms with Crippen LogP contribution in [-0.4, -0.2) is 50.8 Å². The van der Waals surface area contributed by atoms with E-state index in [2.05, 4.69) is 42.5 Å². The van der Waals surface area contributed by atoms with Crippen molar-refractivity contribution in [2.45, 2.75) is 39.8 Å². The Hall–Kier alpha value is -1.07. The minimum atomic E-state index is 0.342. The predicted molar refractivity (Wildman–Crippen MR) is 83.6 cm³/mol. The molecule has 0 aliphatic rings. The van der Waals surface area contributed by atoms with Crippen LogP contribution in [0.4, 0.5) is 0 Å². The van der Waals surface area contributed by atoms with Crippen LogP contribution in [-0.2, 0) is 13.0 Å². The maximum absolute atomic E-state index is 5.94. The number of imidazole rings is 1. The number of aromatic nitrogens is 4. The second kappa shape index (κ2) is 6.14. The van der Waals surface area contributed by atoms with Gasteiger partial charge in [0.25, 0.3) is 0 Å². The summed E-state index contributed by atoms with van der Waals surface area (Å²) in [4.78, 5) is 6.97. The van der Waals surface area contributed by atoms with E-state index in [9.17, 15) is 0 Å². The van der Waals surface area contributed by atoms with Crippen LogP contribution >= 0.6 is 11.6 Å². The molecule has 0 radical (unpaired) electrons. The van der Waals surface area contributed by atoms with Gasteiger partial charge in [0.05, 0.1) is 5.69 Å². The zero-order chi connectivity index (χ0) is 14.9. The van der Waals surface area contributed by atoms with Crippen molar-refractivity contribution >= 4 is 22.8 Å². The lowest BCUT2D eigenvalue weighted by Gasteiger charge is -2.21. The average molecular weight is 298 g/mol. The zero-order valence-electron chi connectivity index (χ0n) is 13.0. The quantitative estimate of drug-likeness (QED) is 0.769. The summed E-state index contributed by atoms with van der Waals surface area (Å²) in [6.45, 7) is 8.18. The first-order chi connectivity index (χ1) is 9.49. The largest absolute Gasteiger partial charge is 0.309 e. The molecule has 1 unspecified atom stereocenters. The Kier molecular flexibility index (Phi) is 4.70. The van der Waals surface area contributed by atoms with E-state index in [4.69, 9.17) is 16.6 Å². The Bertz CT molecular complexity index is 584. The Morgan fingerprint density at radius 3 is 2.60 bits per heavy atom. The molecule has 5 nitrogen and oxygen atoms in total. The Morgan fingerprint density at radius 1 is 1.35 bits per heavy atom. The molecule has 20 heavy (non-hydrogen) atoms. The van der Waals surface area contributed by atoms with Crippen LogP contribution in [0.3, 0.4) is 0 Å². The van der Waals surface area contributed by atoms with Gasteiger partial charge >= 0.3 is 0 Å². The Balaban J connectivity index is 2.59. The molecule has 2 aromatic rings. The number of halogens is 1. The molecule has 0 aliphatic heterocycles. The Morgan fingerprint density at radius 2 is 2.05 bits per heavy atom. The van der Waals surface area contributed by atoms with E-state index in [0.717, 1.165) is 42.2 Å². The molecular formula is C14H24ClN5. The highest BCUT2D eigenvalue weighted by Crippen LogP contribution is 2.24. The lowest BCUT2D eigenvalue weighted by atomic mass is 10.3. The Labute approximate surface area is 125 Å². The SMILES string of the molecule is CCn1nc(C)c2nc(CCCl)n(C(C)CN(C)C)c21. The fourth-order valence-corrected chi connectivity index (χ4v) is 2.96. The van der Waals surface area contributed by atoms with Gasteiger partial charge in [0, 0.05) is 31.4 Å². The van der Waals surface area contributed by atoms with E-state index in [0.29, 0.717) is 11.9 Å². The highest BCUT2D eigenvalue weighted by Gasteiger charge is 2.21. The lowest BCUT2D eigenvalue weighted by molar-refractivity contribution is 0.334. The molecule has 0 saturated heterocycles. The third-order valence-corrected chi connectivity index (χ3v) is 3.69. The summed E-state index contributed by atoms with van der Waals surface area (Å²) in [5.41, 5.74) is 3.13. The summed E-state index contributed by atoms with van der Waals surface area (Å²) < 4.78 is 4.35. The molecule has 0 N–H and O–H groups in total. The molecular weight excluding hydrogens is 274 g/mol.